The van der Waals surface area contributed by atoms with Gasteiger partial charge in [-0.2, -0.15) is 0 Å². The first kappa shape index (κ1) is 16.0. The lowest BCUT2D eigenvalue weighted by Gasteiger charge is -2.39. The average molecular weight is 282 g/mol. The van der Waals surface area contributed by atoms with Crippen LogP contribution in [0.1, 0.15) is 0 Å². The normalized spacial score (nSPS) is 37.8. The summed E-state index contributed by atoms with van der Waals surface area (Å²) in [6, 6.07) is 0.874. The van der Waals surface area contributed by atoms with Crippen molar-refractivity contribution in [1.82, 2.24) is 0 Å². The van der Waals surface area contributed by atoms with Crippen LogP contribution in [-0.2, 0) is 9.47 Å². The second kappa shape index (κ2) is 6.40. The number of halogens is 1. The van der Waals surface area contributed by atoms with Gasteiger partial charge in [0, 0.05) is 14.7 Å². The van der Waals surface area contributed by atoms with E-state index in [0.717, 1.165) is 6.04 Å². The summed E-state index contributed by atoms with van der Waals surface area (Å²) in [4.78, 5) is 0. The van der Waals surface area contributed by atoms with Crippen molar-refractivity contribution in [2.75, 3.05) is 13.3 Å². The highest BCUT2D eigenvalue weighted by Crippen LogP contribution is 2.23. The highest BCUT2D eigenvalue weighted by Gasteiger charge is 2.44. The molecule has 1 saturated heterocycles. The molecule has 0 aromatic carbocycles. The first-order chi connectivity index (χ1) is 8.26. The van der Waals surface area contributed by atoms with Crippen LogP contribution in [0, 0.1) is 0 Å². The van der Waals surface area contributed by atoms with E-state index in [1.807, 2.05) is 0 Å². The number of aliphatic hydroxyl groups excluding tert-OH is 3. The third-order valence-corrected chi connectivity index (χ3v) is 4.66. The fraction of sp³-hybridized carbons (Fsp3) is 1.00. The maximum absolute atomic E-state index is 12.6. The van der Waals surface area contributed by atoms with Crippen LogP contribution in [0.5, 0.6) is 0 Å². The molecule has 0 spiro atoms. The van der Waals surface area contributed by atoms with Crippen LogP contribution in [0.25, 0.3) is 0 Å². The van der Waals surface area contributed by atoms with Crippen molar-refractivity contribution in [3.63, 3.8) is 0 Å². The second-order valence-corrected chi connectivity index (χ2v) is 11.5. The highest BCUT2D eigenvalue weighted by molar-refractivity contribution is 6.76. The van der Waals surface area contributed by atoms with E-state index >= 15 is 0 Å². The van der Waals surface area contributed by atoms with Gasteiger partial charge >= 0.3 is 0 Å². The maximum atomic E-state index is 12.6. The Bertz CT molecular complexity index is 258. The summed E-state index contributed by atoms with van der Waals surface area (Å²) in [6.45, 7) is 5.99. The van der Waals surface area contributed by atoms with Crippen molar-refractivity contribution in [2.45, 2.75) is 56.4 Å². The molecular weight excluding hydrogens is 259 g/mol. The monoisotopic (exact) mass is 282 g/mol. The Labute approximate surface area is 108 Å². The van der Waals surface area contributed by atoms with Gasteiger partial charge in [0.25, 0.3) is 0 Å². The summed E-state index contributed by atoms with van der Waals surface area (Å²) in [6.07, 6.45) is -6.47. The zero-order chi connectivity index (χ0) is 13.9. The fourth-order valence-corrected chi connectivity index (χ4v) is 2.39. The zero-order valence-corrected chi connectivity index (χ0v) is 12.0. The van der Waals surface area contributed by atoms with Crippen LogP contribution < -0.4 is 0 Å². The maximum Gasteiger partial charge on any atom is 0.186 e. The summed E-state index contributed by atoms with van der Waals surface area (Å²) < 4.78 is 23.0. The molecule has 0 bridgehead atoms. The Balaban J connectivity index is 2.49. The SMILES string of the molecule is C[Si](C)(C)CCO[C@H]1O[C@H](CF)[C@@H](O)[C@H](O)[C@H]1O. The molecule has 1 aliphatic heterocycles. The van der Waals surface area contributed by atoms with E-state index in [2.05, 4.69) is 19.6 Å². The van der Waals surface area contributed by atoms with E-state index in [1.54, 1.807) is 0 Å². The van der Waals surface area contributed by atoms with Gasteiger partial charge in [0.2, 0.25) is 0 Å². The first-order valence-electron chi connectivity index (χ1n) is 6.13. The third-order valence-electron chi connectivity index (χ3n) is 2.95. The van der Waals surface area contributed by atoms with E-state index < -0.39 is 45.5 Å². The van der Waals surface area contributed by atoms with Crippen LogP contribution in [0.4, 0.5) is 4.39 Å². The van der Waals surface area contributed by atoms with Crippen LogP contribution in [0.2, 0.25) is 25.7 Å². The molecular formula is C11H23FO5Si. The van der Waals surface area contributed by atoms with Crippen molar-refractivity contribution in [2.24, 2.45) is 0 Å². The number of ether oxygens (including phenoxy) is 2. The number of rotatable bonds is 5. The summed E-state index contributed by atoms with van der Waals surface area (Å²) >= 11 is 0. The molecule has 1 heterocycles. The van der Waals surface area contributed by atoms with Crippen LogP contribution in [0.15, 0.2) is 0 Å². The Morgan fingerprint density at radius 1 is 1.11 bits per heavy atom. The largest absolute Gasteiger partial charge is 0.387 e. The Morgan fingerprint density at radius 2 is 1.72 bits per heavy atom. The third kappa shape index (κ3) is 4.25. The average Bonchev–Trinajstić information content (AvgIpc) is 2.27. The molecule has 0 radical (unpaired) electrons. The standard InChI is InChI=1S/C11H23FO5Si/c1-18(2,3)5-4-16-11-10(15)9(14)8(13)7(6-12)17-11/h7-11,13-15H,4-6H2,1-3H3/t7-,8-,9+,10-,11+/m1/s1. The number of hydrogen-bond acceptors (Lipinski definition) is 5. The number of aliphatic hydroxyl groups is 3. The van der Waals surface area contributed by atoms with Crippen LogP contribution in [0.3, 0.4) is 0 Å². The fourth-order valence-electron chi connectivity index (χ4n) is 1.66. The predicted molar refractivity (Wildman–Crippen MR) is 66.8 cm³/mol. The zero-order valence-electron chi connectivity index (χ0n) is 11.0. The topological polar surface area (TPSA) is 79.2 Å². The lowest BCUT2D eigenvalue weighted by molar-refractivity contribution is -0.297. The molecule has 0 aromatic rings. The van der Waals surface area contributed by atoms with Gasteiger partial charge in [0.1, 0.15) is 31.1 Å². The van der Waals surface area contributed by atoms with E-state index in [0.29, 0.717) is 6.61 Å². The minimum absolute atomic E-state index is 0.388. The van der Waals surface area contributed by atoms with E-state index in [-0.39, 0.29) is 0 Å². The van der Waals surface area contributed by atoms with Crippen LogP contribution >= 0.6 is 0 Å². The van der Waals surface area contributed by atoms with Crippen LogP contribution in [-0.4, -0.2) is 67.4 Å². The lowest BCUT2D eigenvalue weighted by Crippen LogP contribution is -2.58. The molecule has 1 fully saturated rings. The molecule has 0 aliphatic carbocycles. The molecule has 5 nitrogen and oxygen atoms in total. The predicted octanol–water partition coefficient (Wildman–Crippen LogP) is 0.118. The van der Waals surface area contributed by atoms with Crippen molar-refractivity contribution in [3.8, 4) is 0 Å². The van der Waals surface area contributed by atoms with Gasteiger partial charge in [0.15, 0.2) is 6.29 Å². The van der Waals surface area contributed by atoms with Crippen molar-refractivity contribution < 1.29 is 29.2 Å². The summed E-state index contributed by atoms with van der Waals surface area (Å²) in [5.74, 6) is 0. The van der Waals surface area contributed by atoms with Gasteiger partial charge in [-0.25, -0.2) is 4.39 Å². The van der Waals surface area contributed by atoms with Gasteiger partial charge < -0.3 is 24.8 Å². The molecule has 3 N–H and O–H groups in total. The number of alkyl halides is 1. The van der Waals surface area contributed by atoms with Crippen molar-refractivity contribution in [1.29, 1.82) is 0 Å². The minimum Gasteiger partial charge on any atom is -0.387 e. The molecule has 0 aromatic heterocycles. The number of hydrogen-bond donors (Lipinski definition) is 3. The molecule has 1 rings (SSSR count). The first-order valence-corrected chi connectivity index (χ1v) is 9.84. The summed E-state index contributed by atoms with van der Waals surface area (Å²) in [5, 5.41) is 28.7. The highest BCUT2D eigenvalue weighted by atomic mass is 28.3. The molecule has 18 heavy (non-hydrogen) atoms. The van der Waals surface area contributed by atoms with Gasteiger partial charge in [-0.15, -0.1) is 0 Å². The lowest BCUT2D eigenvalue weighted by atomic mass is 10.00. The van der Waals surface area contributed by atoms with Crippen molar-refractivity contribution >= 4 is 8.07 Å². The second-order valence-electron chi connectivity index (χ2n) is 5.85. The molecule has 108 valence electrons. The Kier molecular flexibility index (Phi) is 5.69. The Hall–Kier alpha value is -0.0531. The minimum atomic E-state index is -1.45. The quantitative estimate of drug-likeness (QED) is 0.624. The molecule has 5 atom stereocenters. The van der Waals surface area contributed by atoms with Gasteiger partial charge in [-0.3, -0.25) is 0 Å². The molecule has 0 amide bonds. The van der Waals surface area contributed by atoms with Gasteiger partial charge in [-0.1, -0.05) is 19.6 Å². The summed E-state index contributed by atoms with van der Waals surface area (Å²) in [5.41, 5.74) is 0. The smallest absolute Gasteiger partial charge is 0.186 e. The van der Waals surface area contributed by atoms with Gasteiger partial charge in [-0.05, 0) is 6.04 Å². The molecule has 1 aliphatic rings. The van der Waals surface area contributed by atoms with Gasteiger partial charge in [0.05, 0.1) is 0 Å². The van der Waals surface area contributed by atoms with E-state index in [9.17, 15) is 19.7 Å². The summed E-state index contributed by atoms with van der Waals surface area (Å²) in [7, 11) is -1.27. The van der Waals surface area contributed by atoms with Crippen molar-refractivity contribution in [3.05, 3.63) is 0 Å². The molecule has 0 unspecified atom stereocenters. The molecule has 0 saturated carbocycles. The van der Waals surface area contributed by atoms with E-state index in [4.69, 9.17) is 9.47 Å². The molecule has 7 heteroatoms. The Morgan fingerprint density at radius 3 is 2.22 bits per heavy atom. The van der Waals surface area contributed by atoms with E-state index in [1.165, 1.54) is 0 Å².